The standard InChI is InChI=1S/C25H35N3O7/c1-28-20-5-4-18(14-23(29)26-9-12-32-2)35-22(20)15-34-21-6-3-17(13-19(21)25(28)31)27-24(30)16-7-10-33-11-8-16/h3,6,13,16,18,20,22H,4-5,7-12,14-15H2,1-2H3,(H,26,29)(H,27,30)/t18-,20-,22-/m1/s1. The lowest BCUT2D eigenvalue weighted by atomic mass is 9.94. The Morgan fingerprint density at radius 3 is 2.74 bits per heavy atom. The summed E-state index contributed by atoms with van der Waals surface area (Å²) in [5, 5.41) is 5.76. The molecule has 2 saturated heterocycles. The van der Waals surface area contributed by atoms with E-state index in [1.165, 1.54) is 0 Å². The van der Waals surface area contributed by atoms with Gasteiger partial charge in [-0.05, 0) is 43.9 Å². The predicted molar refractivity (Wildman–Crippen MR) is 127 cm³/mol. The Morgan fingerprint density at radius 2 is 1.97 bits per heavy atom. The van der Waals surface area contributed by atoms with Crippen LogP contribution in [0.15, 0.2) is 18.2 Å². The molecule has 0 bridgehead atoms. The van der Waals surface area contributed by atoms with Crippen LogP contribution < -0.4 is 15.4 Å². The highest BCUT2D eigenvalue weighted by atomic mass is 16.5. The number of nitrogens with zero attached hydrogens (tertiary/aromatic N) is 1. The third kappa shape index (κ3) is 6.31. The Labute approximate surface area is 205 Å². The van der Waals surface area contributed by atoms with Crippen molar-refractivity contribution in [3.63, 3.8) is 0 Å². The van der Waals surface area contributed by atoms with Gasteiger partial charge in [-0.1, -0.05) is 0 Å². The van der Waals surface area contributed by atoms with E-state index in [4.69, 9.17) is 18.9 Å². The molecule has 4 rings (SSSR count). The zero-order valence-electron chi connectivity index (χ0n) is 20.4. The second-order valence-corrected chi connectivity index (χ2v) is 9.30. The average Bonchev–Trinajstić information content (AvgIpc) is 2.87. The summed E-state index contributed by atoms with van der Waals surface area (Å²) < 4.78 is 22.5. The molecule has 1 aromatic carbocycles. The number of likely N-dealkylation sites (N-methyl/N-ethyl adjacent to an activating group) is 1. The van der Waals surface area contributed by atoms with Crippen molar-refractivity contribution in [1.82, 2.24) is 10.2 Å². The third-order valence-electron chi connectivity index (χ3n) is 6.91. The van der Waals surface area contributed by atoms with Gasteiger partial charge >= 0.3 is 0 Å². The van der Waals surface area contributed by atoms with Gasteiger partial charge in [-0.15, -0.1) is 0 Å². The number of amides is 3. The van der Waals surface area contributed by atoms with Crippen LogP contribution in [0.25, 0.3) is 0 Å². The topological polar surface area (TPSA) is 115 Å². The van der Waals surface area contributed by atoms with E-state index in [9.17, 15) is 14.4 Å². The van der Waals surface area contributed by atoms with Crippen LogP contribution in [0.1, 0.15) is 42.5 Å². The second-order valence-electron chi connectivity index (χ2n) is 9.30. The molecular formula is C25H35N3O7. The van der Waals surface area contributed by atoms with Gasteiger partial charge in [0.1, 0.15) is 18.5 Å². The van der Waals surface area contributed by atoms with E-state index in [0.29, 0.717) is 69.0 Å². The smallest absolute Gasteiger partial charge is 0.257 e. The first-order valence-corrected chi connectivity index (χ1v) is 12.3. The lowest BCUT2D eigenvalue weighted by molar-refractivity contribution is -0.134. The van der Waals surface area contributed by atoms with Crippen molar-refractivity contribution in [2.75, 3.05) is 52.4 Å². The first-order valence-electron chi connectivity index (χ1n) is 12.3. The van der Waals surface area contributed by atoms with Gasteiger partial charge in [0.15, 0.2) is 0 Å². The van der Waals surface area contributed by atoms with Crippen LogP contribution >= 0.6 is 0 Å². The van der Waals surface area contributed by atoms with E-state index < -0.39 is 0 Å². The predicted octanol–water partition coefficient (Wildman–Crippen LogP) is 1.59. The molecule has 1 aromatic rings. The minimum atomic E-state index is -0.337. The van der Waals surface area contributed by atoms with Crippen LogP contribution in [0.4, 0.5) is 5.69 Å². The van der Waals surface area contributed by atoms with E-state index >= 15 is 0 Å². The van der Waals surface area contributed by atoms with Gasteiger partial charge in [0.2, 0.25) is 11.8 Å². The molecule has 3 aliphatic rings. The third-order valence-corrected chi connectivity index (χ3v) is 6.91. The molecule has 3 atom stereocenters. The largest absolute Gasteiger partial charge is 0.490 e. The Morgan fingerprint density at radius 1 is 1.17 bits per heavy atom. The van der Waals surface area contributed by atoms with E-state index in [1.54, 1.807) is 37.3 Å². The molecule has 0 aliphatic carbocycles. The summed E-state index contributed by atoms with van der Waals surface area (Å²) in [6.45, 7) is 2.36. The Hall–Kier alpha value is -2.69. The molecule has 2 fully saturated rings. The summed E-state index contributed by atoms with van der Waals surface area (Å²) in [4.78, 5) is 39.9. The van der Waals surface area contributed by atoms with Crippen LogP contribution in [-0.4, -0.2) is 88.0 Å². The molecule has 0 aromatic heterocycles. The van der Waals surface area contributed by atoms with Gasteiger partial charge in [-0.2, -0.15) is 0 Å². The Balaban J connectivity index is 1.40. The lowest BCUT2D eigenvalue weighted by Gasteiger charge is -2.42. The number of nitrogens with one attached hydrogen (secondary N) is 2. The van der Waals surface area contributed by atoms with Crippen molar-refractivity contribution in [3.05, 3.63) is 23.8 Å². The number of benzene rings is 1. The van der Waals surface area contributed by atoms with Crippen LogP contribution in [0, 0.1) is 5.92 Å². The van der Waals surface area contributed by atoms with Crippen molar-refractivity contribution < 1.29 is 33.3 Å². The molecule has 35 heavy (non-hydrogen) atoms. The molecule has 0 saturated carbocycles. The van der Waals surface area contributed by atoms with Gasteiger partial charge < -0.3 is 34.5 Å². The van der Waals surface area contributed by atoms with E-state index in [-0.39, 0.29) is 54.9 Å². The second kappa shape index (κ2) is 11.8. The molecule has 192 valence electrons. The normalized spacial score (nSPS) is 24.9. The Bertz CT molecular complexity index is 918. The van der Waals surface area contributed by atoms with Crippen molar-refractivity contribution in [3.8, 4) is 5.75 Å². The van der Waals surface area contributed by atoms with Crippen LogP contribution in [0.2, 0.25) is 0 Å². The minimum Gasteiger partial charge on any atom is -0.490 e. The maximum absolute atomic E-state index is 13.4. The summed E-state index contributed by atoms with van der Waals surface area (Å²) in [6, 6.07) is 4.98. The summed E-state index contributed by atoms with van der Waals surface area (Å²) in [6.07, 6.45) is 2.47. The average molecular weight is 490 g/mol. The highest BCUT2D eigenvalue weighted by Crippen LogP contribution is 2.32. The number of carbonyl (C=O) groups excluding carboxylic acids is 3. The molecule has 0 spiro atoms. The van der Waals surface area contributed by atoms with Gasteiger partial charge in [-0.25, -0.2) is 0 Å². The fraction of sp³-hybridized carbons (Fsp3) is 0.640. The van der Waals surface area contributed by atoms with Crippen molar-refractivity contribution >= 4 is 23.4 Å². The zero-order valence-corrected chi connectivity index (χ0v) is 20.4. The van der Waals surface area contributed by atoms with Crippen molar-refractivity contribution in [2.24, 2.45) is 5.92 Å². The summed E-state index contributed by atoms with van der Waals surface area (Å²) in [5.74, 6) is 0.0420. The van der Waals surface area contributed by atoms with Crippen LogP contribution in [0.3, 0.4) is 0 Å². The number of ether oxygens (including phenoxy) is 4. The molecule has 3 heterocycles. The van der Waals surface area contributed by atoms with Gasteiger partial charge in [0, 0.05) is 45.5 Å². The molecule has 0 unspecified atom stereocenters. The number of anilines is 1. The van der Waals surface area contributed by atoms with E-state index in [1.807, 2.05) is 0 Å². The van der Waals surface area contributed by atoms with Gasteiger partial charge in [0.05, 0.1) is 30.7 Å². The molecule has 3 amide bonds. The molecular weight excluding hydrogens is 454 g/mol. The summed E-state index contributed by atoms with van der Waals surface area (Å²) in [7, 11) is 3.36. The van der Waals surface area contributed by atoms with Crippen molar-refractivity contribution in [1.29, 1.82) is 0 Å². The first-order chi connectivity index (χ1) is 17.0. The number of carbonyl (C=O) groups is 3. The fourth-order valence-corrected chi connectivity index (χ4v) is 4.88. The van der Waals surface area contributed by atoms with Crippen molar-refractivity contribution in [2.45, 2.75) is 50.4 Å². The van der Waals surface area contributed by atoms with Gasteiger partial charge in [0.25, 0.3) is 5.91 Å². The maximum Gasteiger partial charge on any atom is 0.257 e. The quantitative estimate of drug-likeness (QED) is 0.559. The highest BCUT2D eigenvalue weighted by Gasteiger charge is 2.39. The molecule has 2 N–H and O–H groups in total. The summed E-state index contributed by atoms with van der Waals surface area (Å²) in [5.41, 5.74) is 0.984. The number of methoxy groups -OCH3 is 1. The van der Waals surface area contributed by atoms with Gasteiger partial charge in [-0.3, -0.25) is 14.4 Å². The summed E-state index contributed by atoms with van der Waals surface area (Å²) >= 11 is 0. The van der Waals surface area contributed by atoms with Crippen LogP contribution in [0.5, 0.6) is 5.75 Å². The molecule has 10 nitrogen and oxygen atoms in total. The lowest BCUT2D eigenvalue weighted by Crippen LogP contribution is -2.54. The van der Waals surface area contributed by atoms with E-state index in [2.05, 4.69) is 10.6 Å². The molecule has 0 radical (unpaired) electrons. The first kappa shape index (κ1) is 25.4. The highest BCUT2D eigenvalue weighted by molar-refractivity contribution is 6.00. The van der Waals surface area contributed by atoms with E-state index in [0.717, 1.165) is 0 Å². The minimum absolute atomic E-state index is 0.0566. The molecule has 10 heteroatoms. The Kier molecular flexibility index (Phi) is 8.59. The fourth-order valence-electron chi connectivity index (χ4n) is 4.88. The monoisotopic (exact) mass is 489 g/mol. The SMILES string of the molecule is COCCNC(=O)C[C@H]1CC[C@@H]2[C@@H](COc3ccc(NC(=O)C4CCOCC4)cc3C(=O)N2C)O1. The number of hydrogen-bond acceptors (Lipinski definition) is 7. The number of fused-ring (bicyclic) bond motifs is 2. The molecule has 3 aliphatic heterocycles. The zero-order chi connectivity index (χ0) is 24.8. The maximum atomic E-state index is 13.4. The number of rotatable bonds is 7. The van der Waals surface area contributed by atoms with Crippen LogP contribution in [-0.2, 0) is 23.8 Å². The number of hydrogen-bond donors (Lipinski definition) is 2.